The van der Waals surface area contributed by atoms with Crippen molar-refractivity contribution in [3.05, 3.63) is 12.2 Å². The van der Waals surface area contributed by atoms with Crippen LogP contribution >= 0.6 is 0 Å². The quantitative estimate of drug-likeness (QED) is 0.256. The Bertz CT molecular complexity index is 859. The molecule has 14 atom stereocenters. The normalized spacial score (nSPS) is 49.9. The molecule has 0 aromatic heterocycles. The van der Waals surface area contributed by atoms with Gasteiger partial charge in [0, 0.05) is 0 Å². The lowest BCUT2D eigenvalue weighted by Crippen LogP contribution is -2.56. The maximum Gasteiger partial charge on any atom is 0.186 e. The lowest BCUT2D eigenvalue weighted by molar-refractivity contribution is -0.289. The van der Waals surface area contributed by atoms with Crippen molar-refractivity contribution in [2.24, 2.45) is 58.2 Å². The van der Waals surface area contributed by atoms with Crippen LogP contribution in [0, 0.1) is 58.2 Å². The summed E-state index contributed by atoms with van der Waals surface area (Å²) in [4.78, 5) is 0. The molecular weight excluding hydrogens is 488 g/mol. The van der Waals surface area contributed by atoms with Crippen LogP contribution < -0.4 is 0 Å². The Hall–Kier alpha value is -0.460. The molecule has 5 aliphatic rings. The van der Waals surface area contributed by atoms with E-state index >= 15 is 0 Å². The van der Waals surface area contributed by atoms with Crippen LogP contribution in [0.25, 0.3) is 0 Å². The van der Waals surface area contributed by atoms with Crippen molar-refractivity contribution in [2.75, 3.05) is 6.61 Å². The first-order chi connectivity index (χ1) is 18.5. The van der Waals surface area contributed by atoms with Crippen molar-refractivity contribution in [1.29, 1.82) is 0 Å². The first kappa shape index (κ1) is 30.0. The van der Waals surface area contributed by atoms with E-state index < -0.39 is 24.6 Å². The molecule has 3 N–H and O–H groups in total. The van der Waals surface area contributed by atoms with Gasteiger partial charge in [-0.2, -0.15) is 0 Å². The van der Waals surface area contributed by atoms with Crippen LogP contribution in [0.4, 0.5) is 0 Å². The van der Waals surface area contributed by atoms with Gasteiger partial charge in [-0.05, 0) is 122 Å². The third-order valence-electron chi connectivity index (χ3n) is 13.1. The van der Waals surface area contributed by atoms with Gasteiger partial charge < -0.3 is 24.8 Å². The van der Waals surface area contributed by atoms with Crippen LogP contribution in [0.5, 0.6) is 0 Å². The van der Waals surface area contributed by atoms with Crippen molar-refractivity contribution in [3.63, 3.8) is 0 Å². The number of hydrogen-bond donors (Lipinski definition) is 3. The molecule has 0 aromatic carbocycles. The van der Waals surface area contributed by atoms with Crippen molar-refractivity contribution in [3.8, 4) is 0 Å². The molecule has 39 heavy (non-hydrogen) atoms. The molecule has 5 nitrogen and oxygen atoms in total. The molecule has 0 aromatic rings. The highest BCUT2D eigenvalue weighted by Gasteiger charge is 2.60. The number of aliphatic hydroxyl groups excluding tert-OH is 3. The molecule has 0 bridgehead atoms. The maximum absolute atomic E-state index is 10.4. The van der Waals surface area contributed by atoms with Crippen molar-refractivity contribution < 1.29 is 24.8 Å². The van der Waals surface area contributed by atoms with Gasteiger partial charge in [0.05, 0.1) is 12.7 Å². The third kappa shape index (κ3) is 5.42. The molecule has 224 valence electrons. The van der Waals surface area contributed by atoms with E-state index in [2.05, 4.69) is 53.7 Å². The van der Waals surface area contributed by atoms with Crippen LogP contribution in [-0.4, -0.2) is 52.6 Å². The molecule has 1 heterocycles. The zero-order valence-corrected chi connectivity index (χ0v) is 25.6. The second kappa shape index (κ2) is 11.7. The van der Waals surface area contributed by atoms with E-state index in [0.29, 0.717) is 28.6 Å². The molecule has 5 rings (SSSR count). The van der Waals surface area contributed by atoms with Gasteiger partial charge in [0.2, 0.25) is 0 Å². The van der Waals surface area contributed by atoms with Crippen molar-refractivity contribution >= 4 is 0 Å². The maximum atomic E-state index is 10.4. The predicted molar refractivity (Wildman–Crippen MR) is 155 cm³/mol. The van der Waals surface area contributed by atoms with Gasteiger partial charge in [-0.1, -0.05) is 53.7 Å². The lowest BCUT2D eigenvalue weighted by Gasteiger charge is -2.61. The summed E-state index contributed by atoms with van der Waals surface area (Å²) < 4.78 is 11.8. The Morgan fingerprint density at radius 3 is 2.31 bits per heavy atom. The SMILES string of the molecule is CCC(C=CC(C)C1CCC2C3CCC4CC(OC5OCC(O)C(O)C5O)CCC4(C)C3CCC12C)C(C)C. The Kier molecular flexibility index (Phi) is 8.98. The largest absolute Gasteiger partial charge is 0.388 e. The van der Waals surface area contributed by atoms with Gasteiger partial charge in [0.25, 0.3) is 0 Å². The first-order valence-electron chi connectivity index (χ1n) is 16.5. The molecule has 0 spiro atoms. The molecule has 1 saturated heterocycles. The van der Waals surface area contributed by atoms with E-state index in [1.165, 1.54) is 51.4 Å². The highest BCUT2D eigenvalue weighted by atomic mass is 16.7. The van der Waals surface area contributed by atoms with Gasteiger partial charge in [0.1, 0.15) is 18.3 Å². The number of hydrogen-bond acceptors (Lipinski definition) is 5. The fraction of sp³-hybridized carbons (Fsp3) is 0.941. The summed E-state index contributed by atoms with van der Waals surface area (Å²) >= 11 is 0. The summed E-state index contributed by atoms with van der Waals surface area (Å²) in [7, 11) is 0. The van der Waals surface area contributed by atoms with E-state index in [4.69, 9.17) is 9.47 Å². The second-order valence-electron chi connectivity index (χ2n) is 15.2. The van der Waals surface area contributed by atoms with E-state index in [1.54, 1.807) is 0 Å². The molecule has 5 heteroatoms. The van der Waals surface area contributed by atoms with Crippen LogP contribution in [0.2, 0.25) is 0 Å². The monoisotopic (exact) mass is 546 g/mol. The second-order valence-corrected chi connectivity index (χ2v) is 15.2. The summed E-state index contributed by atoms with van der Waals surface area (Å²) in [6.07, 6.45) is 13.5. The van der Waals surface area contributed by atoms with E-state index in [1.807, 2.05) is 0 Å². The Morgan fingerprint density at radius 2 is 1.59 bits per heavy atom. The Balaban J connectivity index is 1.22. The van der Waals surface area contributed by atoms with Crippen molar-refractivity contribution in [1.82, 2.24) is 0 Å². The lowest BCUT2D eigenvalue weighted by atomic mass is 9.44. The third-order valence-corrected chi connectivity index (χ3v) is 13.1. The first-order valence-corrected chi connectivity index (χ1v) is 16.5. The summed E-state index contributed by atoms with van der Waals surface area (Å²) in [5.41, 5.74) is 0.856. The minimum absolute atomic E-state index is 0.00693. The standard InChI is InChI=1S/C34H58O5/c1-7-22(20(2)3)9-8-21(4)26-12-13-27-25-11-10-23-18-24(39-32-31(37)30(36)29(35)19-38-32)14-16-33(23,5)28(25)15-17-34(26,27)6/h8-9,20-32,35-37H,7,10-19H2,1-6H3. The Labute approximate surface area is 238 Å². The topological polar surface area (TPSA) is 79.2 Å². The highest BCUT2D eigenvalue weighted by Crippen LogP contribution is 2.68. The summed E-state index contributed by atoms with van der Waals surface area (Å²) in [5.74, 6) is 6.11. The summed E-state index contributed by atoms with van der Waals surface area (Å²) in [6.45, 7) is 14.8. The Morgan fingerprint density at radius 1 is 0.872 bits per heavy atom. The number of ether oxygens (including phenoxy) is 2. The molecule has 0 radical (unpaired) electrons. The van der Waals surface area contributed by atoms with Gasteiger partial charge in [0.15, 0.2) is 6.29 Å². The van der Waals surface area contributed by atoms with E-state index in [9.17, 15) is 15.3 Å². The van der Waals surface area contributed by atoms with Crippen LogP contribution in [0.3, 0.4) is 0 Å². The molecular formula is C34H58O5. The predicted octanol–water partition coefficient (Wildman–Crippen LogP) is 6.34. The number of rotatable bonds is 7. The number of aliphatic hydroxyl groups is 3. The molecule has 14 unspecified atom stereocenters. The fourth-order valence-electron chi connectivity index (χ4n) is 10.6. The zero-order chi connectivity index (χ0) is 28.1. The molecule has 0 amide bonds. The zero-order valence-electron chi connectivity index (χ0n) is 25.6. The van der Waals surface area contributed by atoms with E-state index in [0.717, 1.165) is 42.4 Å². The van der Waals surface area contributed by atoms with Gasteiger partial charge >= 0.3 is 0 Å². The van der Waals surface area contributed by atoms with E-state index in [-0.39, 0.29) is 12.7 Å². The smallest absolute Gasteiger partial charge is 0.186 e. The average molecular weight is 547 g/mol. The highest BCUT2D eigenvalue weighted by molar-refractivity contribution is 5.11. The summed E-state index contributed by atoms with van der Waals surface area (Å²) in [6, 6.07) is 0. The van der Waals surface area contributed by atoms with Crippen LogP contribution in [0.15, 0.2) is 12.2 Å². The average Bonchev–Trinajstić information content (AvgIpc) is 3.26. The van der Waals surface area contributed by atoms with Crippen molar-refractivity contribution in [2.45, 2.75) is 136 Å². The fourth-order valence-corrected chi connectivity index (χ4v) is 10.6. The molecule has 1 aliphatic heterocycles. The number of fused-ring (bicyclic) bond motifs is 5. The molecule has 4 aliphatic carbocycles. The van der Waals surface area contributed by atoms with Gasteiger partial charge in [-0.15, -0.1) is 0 Å². The minimum Gasteiger partial charge on any atom is -0.388 e. The molecule has 5 fully saturated rings. The number of allylic oxidation sites excluding steroid dienone is 2. The van der Waals surface area contributed by atoms with Gasteiger partial charge in [-0.3, -0.25) is 0 Å². The van der Waals surface area contributed by atoms with Crippen LogP contribution in [0.1, 0.15) is 106 Å². The summed E-state index contributed by atoms with van der Waals surface area (Å²) in [5, 5.41) is 30.2. The van der Waals surface area contributed by atoms with Crippen LogP contribution in [-0.2, 0) is 9.47 Å². The van der Waals surface area contributed by atoms with Gasteiger partial charge in [-0.25, -0.2) is 0 Å². The molecule has 4 saturated carbocycles. The minimum atomic E-state index is -1.21.